The molecule has 1 aromatic carbocycles. The Hall–Kier alpha value is -1.62. The molecular weight excluding hydrogens is 247 g/mol. The van der Waals surface area contributed by atoms with Gasteiger partial charge in [0.15, 0.2) is 0 Å². The van der Waals surface area contributed by atoms with E-state index in [-0.39, 0.29) is 17.4 Å². The van der Waals surface area contributed by atoms with Gasteiger partial charge in [0.1, 0.15) is 17.1 Å². The van der Waals surface area contributed by atoms with E-state index in [1.165, 1.54) is 23.1 Å². The molecule has 1 amide bonds. The Morgan fingerprint density at radius 1 is 1.42 bits per heavy atom. The van der Waals surface area contributed by atoms with Crippen LogP contribution in [0.25, 0.3) is 0 Å². The summed E-state index contributed by atoms with van der Waals surface area (Å²) in [5.74, 6) is -1.55. The third-order valence-electron chi connectivity index (χ3n) is 3.22. The van der Waals surface area contributed by atoms with E-state index in [2.05, 4.69) is 0 Å². The van der Waals surface area contributed by atoms with Gasteiger partial charge in [-0.25, -0.2) is 4.39 Å². The minimum absolute atomic E-state index is 0.00458. The number of rotatable bonds is 6. The summed E-state index contributed by atoms with van der Waals surface area (Å²) in [6.45, 7) is 4.58. The molecule has 0 aliphatic rings. The van der Waals surface area contributed by atoms with Gasteiger partial charge in [-0.2, -0.15) is 0 Å². The summed E-state index contributed by atoms with van der Waals surface area (Å²) in [5.41, 5.74) is 5.24. The van der Waals surface area contributed by atoms with Crippen molar-refractivity contribution in [3.63, 3.8) is 0 Å². The first-order valence-electron chi connectivity index (χ1n) is 6.55. The Bertz CT molecular complexity index is 413. The quantitative estimate of drug-likeness (QED) is 0.830. The second kappa shape index (κ2) is 7.09. The Labute approximate surface area is 113 Å². The van der Waals surface area contributed by atoms with E-state index >= 15 is 0 Å². The molecule has 5 heteroatoms. The molecule has 0 aliphatic heterocycles. The number of nitrogens with zero attached hydrogens (tertiary/aromatic N) is 1. The van der Waals surface area contributed by atoms with Gasteiger partial charge in [-0.3, -0.25) is 4.79 Å². The topological polar surface area (TPSA) is 66.6 Å². The molecule has 4 nitrogen and oxygen atoms in total. The smallest absolute Gasteiger partial charge is 0.260 e. The van der Waals surface area contributed by atoms with Crippen LogP contribution >= 0.6 is 0 Å². The molecule has 0 bridgehead atoms. The molecule has 0 spiro atoms. The molecule has 0 radical (unpaired) electrons. The summed E-state index contributed by atoms with van der Waals surface area (Å²) in [5, 5.41) is 9.69. The summed E-state index contributed by atoms with van der Waals surface area (Å²) in [6.07, 6.45) is 1.52. The molecular formula is C14H21FN2O2. The number of hydrogen-bond donors (Lipinski definition) is 2. The number of phenols is 1. The fourth-order valence-corrected chi connectivity index (χ4v) is 2.19. The summed E-state index contributed by atoms with van der Waals surface area (Å²) < 4.78 is 13.7. The molecule has 0 aliphatic carbocycles. The van der Waals surface area contributed by atoms with Crippen LogP contribution in [0.1, 0.15) is 37.0 Å². The van der Waals surface area contributed by atoms with E-state index in [1.807, 2.05) is 13.8 Å². The van der Waals surface area contributed by atoms with Gasteiger partial charge >= 0.3 is 0 Å². The van der Waals surface area contributed by atoms with Gasteiger partial charge in [0, 0.05) is 19.1 Å². The van der Waals surface area contributed by atoms with Crippen LogP contribution in [0.15, 0.2) is 18.2 Å². The van der Waals surface area contributed by atoms with E-state index < -0.39 is 11.7 Å². The van der Waals surface area contributed by atoms with Crippen LogP contribution in [0, 0.1) is 5.82 Å². The first kappa shape index (κ1) is 15.4. The summed E-state index contributed by atoms with van der Waals surface area (Å²) in [4.78, 5) is 13.9. The number of aromatic hydroxyl groups is 1. The number of hydrogen-bond acceptors (Lipinski definition) is 3. The lowest BCUT2D eigenvalue weighted by atomic mass is 10.1. The molecule has 0 aromatic heterocycles. The highest BCUT2D eigenvalue weighted by molar-refractivity contribution is 5.97. The van der Waals surface area contributed by atoms with Crippen molar-refractivity contribution in [3.05, 3.63) is 29.6 Å². The van der Waals surface area contributed by atoms with Crippen LogP contribution in [-0.4, -0.2) is 35.0 Å². The lowest BCUT2D eigenvalue weighted by Gasteiger charge is -2.30. The van der Waals surface area contributed by atoms with E-state index in [1.54, 1.807) is 0 Å². The van der Waals surface area contributed by atoms with Gasteiger partial charge in [0.25, 0.3) is 5.91 Å². The first-order valence-corrected chi connectivity index (χ1v) is 6.55. The molecule has 0 saturated heterocycles. The number of carbonyl (C=O) groups excluding carboxylic acids is 1. The molecule has 0 fully saturated rings. The number of halogens is 1. The molecule has 0 unspecified atom stereocenters. The number of benzene rings is 1. The highest BCUT2D eigenvalue weighted by Crippen LogP contribution is 2.23. The lowest BCUT2D eigenvalue weighted by Crippen LogP contribution is -2.43. The summed E-state index contributed by atoms with van der Waals surface area (Å²) in [7, 11) is 0. The summed E-state index contributed by atoms with van der Waals surface area (Å²) in [6, 6.07) is 3.84. The molecule has 19 heavy (non-hydrogen) atoms. The van der Waals surface area contributed by atoms with Crippen molar-refractivity contribution in [2.24, 2.45) is 5.73 Å². The van der Waals surface area contributed by atoms with Crippen molar-refractivity contribution in [2.45, 2.75) is 32.7 Å². The van der Waals surface area contributed by atoms with Crippen LogP contribution in [0.2, 0.25) is 0 Å². The van der Waals surface area contributed by atoms with E-state index in [0.29, 0.717) is 13.1 Å². The SMILES string of the molecule is CCC(CC)N(CCN)C(=O)c1c(O)cccc1F. The molecule has 106 valence electrons. The van der Waals surface area contributed by atoms with Gasteiger partial charge in [-0.15, -0.1) is 0 Å². The maximum absolute atomic E-state index is 13.7. The molecule has 0 saturated carbocycles. The maximum Gasteiger partial charge on any atom is 0.260 e. The minimum Gasteiger partial charge on any atom is -0.507 e. The average molecular weight is 268 g/mol. The molecule has 0 heterocycles. The third-order valence-corrected chi connectivity index (χ3v) is 3.22. The highest BCUT2D eigenvalue weighted by Gasteiger charge is 2.26. The van der Waals surface area contributed by atoms with Gasteiger partial charge in [-0.05, 0) is 25.0 Å². The Balaban J connectivity index is 3.12. The fourth-order valence-electron chi connectivity index (χ4n) is 2.19. The monoisotopic (exact) mass is 268 g/mol. The zero-order valence-corrected chi connectivity index (χ0v) is 11.4. The zero-order valence-electron chi connectivity index (χ0n) is 11.4. The minimum atomic E-state index is -0.710. The van der Waals surface area contributed by atoms with Gasteiger partial charge < -0.3 is 15.7 Å². The van der Waals surface area contributed by atoms with Crippen LogP contribution < -0.4 is 5.73 Å². The standard InChI is InChI=1S/C14H21FN2O2/c1-3-10(4-2)17(9-8-16)14(19)13-11(15)6-5-7-12(13)18/h5-7,10,18H,3-4,8-9,16H2,1-2H3. The van der Waals surface area contributed by atoms with Gasteiger partial charge in [-0.1, -0.05) is 19.9 Å². The molecule has 3 N–H and O–H groups in total. The van der Waals surface area contributed by atoms with E-state index in [4.69, 9.17) is 5.73 Å². The van der Waals surface area contributed by atoms with Crippen LogP contribution in [-0.2, 0) is 0 Å². The predicted molar refractivity (Wildman–Crippen MR) is 72.5 cm³/mol. The van der Waals surface area contributed by atoms with Crippen LogP contribution in [0.4, 0.5) is 4.39 Å². The average Bonchev–Trinajstić information content (AvgIpc) is 2.38. The van der Waals surface area contributed by atoms with Crippen molar-refractivity contribution in [3.8, 4) is 5.75 Å². The van der Waals surface area contributed by atoms with Crippen molar-refractivity contribution in [2.75, 3.05) is 13.1 Å². The predicted octanol–water partition coefficient (Wildman–Crippen LogP) is 2.12. The number of carbonyl (C=O) groups is 1. The van der Waals surface area contributed by atoms with Crippen molar-refractivity contribution < 1.29 is 14.3 Å². The first-order chi connectivity index (χ1) is 9.06. The molecule has 1 rings (SSSR count). The van der Waals surface area contributed by atoms with Crippen LogP contribution in [0.5, 0.6) is 5.75 Å². The van der Waals surface area contributed by atoms with Gasteiger partial charge in [0.05, 0.1) is 0 Å². The number of nitrogens with two attached hydrogens (primary N) is 1. The Kier molecular flexibility index (Phi) is 5.76. The maximum atomic E-state index is 13.7. The highest BCUT2D eigenvalue weighted by atomic mass is 19.1. The Morgan fingerprint density at radius 2 is 2.05 bits per heavy atom. The van der Waals surface area contributed by atoms with E-state index in [9.17, 15) is 14.3 Å². The zero-order chi connectivity index (χ0) is 14.4. The number of phenolic OH excluding ortho intramolecular Hbond substituents is 1. The molecule has 1 aromatic rings. The third kappa shape index (κ3) is 3.44. The summed E-state index contributed by atoms with van der Waals surface area (Å²) >= 11 is 0. The number of amides is 1. The lowest BCUT2D eigenvalue weighted by molar-refractivity contribution is 0.0666. The van der Waals surface area contributed by atoms with Crippen molar-refractivity contribution in [1.29, 1.82) is 0 Å². The Morgan fingerprint density at radius 3 is 2.53 bits per heavy atom. The van der Waals surface area contributed by atoms with Crippen molar-refractivity contribution in [1.82, 2.24) is 4.90 Å². The van der Waals surface area contributed by atoms with Crippen LogP contribution in [0.3, 0.4) is 0 Å². The fraction of sp³-hybridized carbons (Fsp3) is 0.500. The van der Waals surface area contributed by atoms with Crippen molar-refractivity contribution >= 4 is 5.91 Å². The molecule has 0 atom stereocenters. The van der Waals surface area contributed by atoms with E-state index in [0.717, 1.165) is 12.8 Å². The normalized spacial score (nSPS) is 10.8. The largest absolute Gasteiger partial charge is 0.507 e. The second-order valence-electron chi connectivity index (χ2n) is 4.39. The van der Waals surface area contributed by atoms with Gasteiger partial charge in [0.2, 0.25) is 0 Å². The second-order valence-corrected chi connectivity index (χ2v) is 4.39.